The van der Waals surface area contributed by atoms with Gasteiger partial charge in [0.15, 0.2) is 5.82 Å². The van der Waals surface area contributed by atoms with Gasteiger partial charge >= 0.3 is 5.97 Å². The Kier molecular flexibility index (Phi) is 3.05. The van der Waals surface area contributed by atoms with Crippen LogP contribution in [0.25, 0.3) is 0 Å². The molecule has 19 heavy (non-hydrogen) atoms. The summed E-state index contributed by atoms with van der Waals surface area (Å²) in [7, 11) is 1.43. The predicted molar refractivity (Wildman–Crippen MR) is 66.4 cm³/mol. The molecule has 104 valence electrons. The molecular weight excluding hydrogens is 246 g/mol. The molecule has 2 atom stereocenters. The van der Waals surface area contributed by atoms with Crippen molar-refractivity contribution in [1.29, 1.82) is 0 Å². The van der Waals surface area contributed by atoms with Crippen LogP contribution in [0, 0.1) is 5.92 Å². The molecule has 6 nitrogen and oxygen atoms in total. The maximum atomic E-state index is 11.6. The number of nitrogens with zero attached hydrogens (tertiary/aromatic N) is 3. The minimum atomic E-state index is -0.316. The monoisotopic (exact) mass is 265 g/mol. The van der Waals surface area contributed by atoms with Gasteiger partial charge in [0.05, 0.1) is 13.0 Å². The summed E-state index contributed by atoms with van der Waals surface area (Å²) in [5, 5.41) is 8.55. The summed E-state index contributed by atoms with van der Waals surface area (Å²) in [6.45, 7) is 3.61. The zero-order valence-corrected chi connectivity index (χ0v) is 11.4. The van der Waals surface area contributed by atoms with Crippen molar-refractivity contribution >= 4 is 5.97 Å². The van der Waals surface area contributed by atoms with Gasteiger partial charge in [0, 0.05) is 19.6 Å². The lowest BCUT2D eigenvalue weighted by atomic mass is 9.96. The van der Waals surface area contributed by atoms with Crippen LogP contribution in [-0.2, 0) is 32.8 Å². The van der Waals surface area contributed by atoms with E-state index in [2.05, 4.69) is 21.7 Å². The van der Waals surface area contributed by atoms with E-state index in [4.69, 9.17) is 9.47 Å². The van der Waals surface area contributed by atoms with E-state index in [9.17, 15) is 4.79 Å². The van der Waals surface area contributed by atoms with E-state index < -0.39 is 0 Å². The summed E-state index contributed by atoms with van der Waals surface area (Å²) < 4.78 is 12.8. The van der Waals surface area contributed by atoms with Crippen LogP contribution in [0.5, 0.6) is 0 Å². The SMILES string of the molecule is COC(=O)C1CCn2c(nnc2C2(C)CCCO2)C1. The molecule has 1 fully saturated rings. The number of hydrogen-bond acceptors (Lipinski definition) is 5. The average Bonchev–Trinajstić information content (AvgIpc) is 3.04. The third kappa shape index (κ3) is 2.04. The molecule has 0 amide bonds. The number of methoxy groups -OCH3 is 1. The van der Waals surface area contributed by atoms with Crippen LogP contribution >= 0.6 is 0 Å². The first-order chi connectivity index (χ1) is 9.14. The fourth-order valence-electron chi connectivity index (χ4n) is 3.04. The maximum Gasteiger partial charge on any atom is 0.309 e. The molecule has 0 bridgehead atoms. The number of fused-ring (bicyclic) bond motifs is 1. The number of ether oxygens (including phenoxy) is 2. The topological polar surface area (TPSA) is 66.2 Å². The Morgan fingerprint density at radius 1 is 1.53 bits per heavy atom. The Morgan fingerprint density at radius 3 is 3.05 bits per heavy atom. The fraction of sp³-hybridized carbons (Fsp3) is 0.769. The van der Waals surface area contributed by atoms with E-state index in [1.165, 1.54) is 7.11 Å². The van der Waals surface area contributed by atoms with Gasteiger partial charge in [-0.2, -0.15) is 0 Å². The Balaban J connectivity index is 1.86. The van der Waals surface area contributed by atoms with Crippen LogP contribution in [0.2, 0.25) is 0 Å². The number of esters is 1. The average molecular weight is 265 g/mol. The van der Waals surface area contributed by atoms with E-state index >= 15 is 0 Å². The molecule has 0 radical (unpaired) electrons. The van der Waals surface area contributed by atoms with Gasteiger partial charge in [-0.3, -0.25) is 4.79 Å². The number of rotatable bonds is 2. The predicted octanol–water partition coefficient (Wildman–Crippen LogP) is 1.04. The molecule has 2 unspecified atom stereocenters. The summed E-state index contributed by atoms with van der Waals surface area (Å²) >= 11 is 0. The largest absolute Gasteiger partial charge is 0.469 e. The Hall–Kier alpha value is -1.43. The van der Waals surface area contributed by atoms with Gasteiger partial charge in [0.25, 0.3) is 0 Å². The number of aromatic nitrogens is 3. The number of carbonyl (C=O) groups is 1. The summed E-state index contributed by atoms with van der Waals surface area (Å²) in [6.07, 6.45) is 3.42. The molecule has 1 aromatic heterocycles. The summed E-state index contributed by atoms with van der Waals surface area (Å²) in [4.78, 5) is 11.6. The van der Waals surface area contributed by atoms with Crippen molar-refractivity contribution in [2.75, 3.05) is 13.7 Å². The van der Waals surface area contributed by atoms with Crippen molar-refractivity contribution in [2.24, 2.45) is 5.92 Å². The molecule has 0 spiro atoms. The first-order valence-corrected chi connectivity index (χ1v) is 6.78. The second-order valence-electron chi connectivity index (χ2n) is 5.49. The summed E-state index contributed by atoms with van der Waals surface area (Å²) in [5.74, 6) is 1.53. The molecule has 1 aromatic rings. The minimum absolute atomic E-state index is 0.0909. The molecule has 3 heterocycles. The van der Waals surface area contributed by atoms with E-state index in [1.54, 1.807) is 0 Å². The van der Waals surface area contributed by atoms with Gasteiger partial charge in [-0.1, -0.05) is 0 Å². The third-order valence-corrected chi connectivity index (χ3v) is 4.18. The lowest BCUT2D eigenvalue weighted by Gasteiger charge is -2.27. The van der Waals surface area contributed by atoms with E-state index in [0.29, 0.717) is 6.42 Å². The first kappa shape index (κ1) is 12.6. The highest BCUT2D eigenvalue weighted by Crippen LogP contribution is 2.36. The maximum absolute atomic E-state index is 11.6. The van der Waals surface area contributed by atoms with Gasteiger partial charge in [-0.05, 0) is 26.2 Å². The number of hydrogen-bond donors (Lipinski definition) is 0. The standard InChI is InChI=1S/C13H19N3O3/c1-13(5-3-7-19-13)12-15-14-10-8-9(11(17)18-2)4-6-16(10)12/h9H,3-8H2,1-2H3. The molecule has 2 aliphatic heterocycles. The van der Waals surface area contributed by atoms with Crippen molar-refractivity contribution in [3.05, 3.63) is 11.6 Å². The number of carbonyl (C=O) groups excluding carboxylic acids is 1. The van der Waals surface area contributed by atoms with Gasteiger partial charge in [0.1, 0.15) is 11.4 Å². The van der Waals surface area contributed by atoms with Crippen LogP contribution in [0.1, 0.15) is 37.8 Å². The second kappa shape index (κ2) is 4.59. The lowest BCUT2D eigenvalue weighted by molar-refractivity contribution is -0.146. The van der Waals surface area contributed by atoms with Crippen LogP contribution < -0.4 is 0 Å². The summed E-state index contributed by atoms with van der Waals surface area (Å²) in [6, 6.07) is 0. The zero-order chi connectivity index (χ0) is 13.5. The molecule has 2 aliphatic rings. The Labute approximate surface area is 112 Å². The zero-order valence-electron chi connectivity index (χ0n) is 11.4. The fourth-order valence-corrected chi connectivity index (χ4v) is 3.04. The first-order valence-electron chi connectivity index (χ1n) is 6.78. The van der Waals surface area contributed by atoms with Crippen LogP contribution in [0.15, 0.2) is 0 Å². The van der Waals surface area contributed by atoms with Crippen LogP contribution in [0.4, 0.5) is 0 Å². The Morgan fingerprint density at radius 2 is 2.37 bits per heavy atom. The highest BCUT2D eigenvalue weighted by molar-refractivity contribution is 5.72. The minimum Gasteiger partial charge on any atom is -0.469 e. The van der Waals surface area contributed by atoms with Crippen LogP contribution in [0.3, 0.4) is 0 Å². The van der Waals surface area contributed by atoms with Crippen molar-refractivity contribution < 1.29 is 14.3 Å². The highest BCUT2D eigenvalue weighted by Gasteiger charge is 2.39. The van der Waals surface area contributed by atoms with Crippen molar-refractivity contribution in [3.63, 3.8) is 0 Å². The molecule has 0 N–H and O–H groups in total. The molecule has 3 rings (SSSR count). The molecule has 0 saturated carbocycles. The third-order valence-electron chi connectivity index (χ3n) is 4.18. The molecule has 1 saturated heterocycles. The molecule has 6 heteroatoms. The molecule has 0 aliphatic carbocycles. The molecular formula is C13H19N3O3. The second-order valence-corrected chi connectivity index (χ2v) is 5.49. The van der Waals surface area contributed by atoms with Gasteiger partial charge in [-0.15, -0.1) is 10.2 Å². The van der Waals surface area contributed by atoms with E-state index in [-0.39, 0.29) is 17.5 Å². The quantitative estimate of drug-likeness (QED) is 0.747. The van der Waals surface area contributed by atoms with Crippen molar-refractivity contribution in [2.45, 2.75) is 44.8 Å². The van der Waals surface area contributed by atoms with Crippen molar-refractivity contribution in [1.82, 2.24) is 14.8 Å². The van der Waals surface area contributed by atoms with Gasteiger partial charge in [0.2, 0.25) is 0 Å². The van der Waals surface area contributed by atoms with E-state index in [0.717, 1.165) is 44.1 Å². The van der Waals surface area contributed by atoms with Crippen LogP contribution in [-0.4, -0.2) is 34.5 Å². The summed E-state index contributed by atoms with van der Waals surface area (Å²) in [5.41, 5.74) is -0.316. The smallest absolute Gasteiger partial charge is 0.309 e. The van der Waals surface area contributed by atoms with Gasteiger partial charge < -0.3 is 14.0 Å². The normalized spacial score (nSPS) is 30.1. The van der Waals surface area contributed by atoms with Gasteiger partial charge in [-0.25, -0.2) is 0 Å². The molecule has 0 aromatic carbocycles. The van der Waals surface area contributed by atoms with E-state index in [1.807, 2.05) is 0 Å². The van der Waals surface area contributed by atoms with Crippen molar-refractivity contribution in [3.8, 4) is 0 Å². The highest BCUT2D eigenvalue weighted by atomic mass is 16.5. The lowest BCUT2D eigenvalue weighted by Crippen LogP contribution is -2.31. The Bertz CT molecular complexity index is 491.